The molecular weight excluding hydrogens is 549 g/mol. The molecule has 4 heterocycles. The fourth-order valence-electron chi connectivity index (χ4n) is 4.15. The first kappa shape index (κ1) is 24.7. The molecule has 0 aliphatic carbocycles. The third kappa shape index (κ3) is 4.87. The number of hydrogen-bond donors (Lipinski definition) is 0. The van der Waals surface area contributed by atoms with Gasteiger partial charge in [0.25, 0.3) is 10.0 Å². The molecule has 7 nitrogen and oxygen atoms in total. The smallest absolute Gasteiger partial charge is 0.252 e. The van der Waals surface area contributed by atoms with Crippen LogP contribution in [0, 0.1) is 12.8 Å². The van der Waals surface area contributed by atoms with E-state index in [-0.39, 0.29) is 23.2 Å². The summed E-state index contributed by atoms with van der Waals surface area (Å²) < 4.78 is 34.6. The van der Waals surface area contributed by atoms with Gasteiger partial charge in [0.1, 0.15) is 9.97 Å². The van der Waals surface area contributed by atoms with Crippen LogP contribution in [0.4, 0.5) is 5.13 Å². The van der Waals surface area contributed by atoms with Gasteiger partial charge in [0.15, 0.2) is 5.13 Å². The van der Waals surface area contributed by atoms with Gasteiger partial charge in [0.05, 0.1) is 38.3 Å². The average Bonchev–Trinajstić information content (AvgIpc) is 3.61. The van der Waals surface area contributed by atoms with Crippen molar-refractivity contribution in [2.24, 2.45) is 5.92 Å². The Bertz CT molecular complexity index is 1440. The first-order valence-corrected chi connectivity index (χ1v) is 14.7. The van der Waals surface area contributed by atoms with E-state index in [2.05, 4.69) is 0 Å². The summed E-state index contributed by atoms with van der Waals surface area (Å²) in [7, 11) is -3.73. The number of thiophene rings is 1. The van der Waals surface area contributed by atoms with Crippen LogP contribution in [0.25, 0.3) is 10.2 Å². The van der Waals surface area contributed by atoms with Crippen molar-refractivity contribution < 1.29 is 17.6 Å². The van der Waals surface area contributed by atoms with Crippen molar-refractivity contribution in [2.75, 3.05) is 18.0 Å². The normalized spacial score (nSPS) is 17.2. The Kier molecular flexibility index (Phi) is 6.95. The summed E-state index contributed by atoms with van der Waals surface area (Å²) in [4.78, 5) is 20.2. The molecule has 0 radical (unpaired) electrons. The van der Waals surface area contributed by atoms with Crippen LogP contribution in [-0.4, -0.2) is 36.7 Å². The molecule has 12 heteroatoms. The van der Waals surface area contributed by atoms with E-state index < -0.39 is 15.9 Å². The topological polar surface area (TPSA) is 83.7 Å². The number of furan rings is 1. The van der Waals surface area contributed by atoms with E-state index in [1.807, 2.05) is 19.1 Å². The highest BCUT2D eigenvalue weighted by Crippen LogP contribution is 2.38. The number of nitrogens with zero attached hydrogens (tertiary/aromatic N) is 3. The number of amides is 1. The number of carbonyl (C=O) groups excluding carboxylic acids is 1. The number of anilines is 1. The molecule has 1 aliphatic rings. The number of piperidine rings is 1. The van der Waals surface area contributed by atoms with Gasteiger partial charge in [-0.15, -0.1) is 11.3 Å². The van der Waals surface area contributed by atoms with E-state index in [0.29, 0.717) is 39.6 Å². The number of sulfonamides is 1. The fraction of sp³-hybridized carbons (Fsp3) is 0.304. The van der Waals surface area contributed by atoms with E-state index in [1.165, 1.54) is 21.7 Å². The molecule has 5 rings (SSSR count). The van der Waals surface area contributed by atoms with Crippen molar-refractivity contribution in [3.8, 4) is 0 Å². The van der Waals surface area contributed by atoms with Gasteiger partial charge in [-0.2, -0.15) is 4.31 Å². The molecule has 1 atom stereocenters. The third-order valence-corrected chi connectivity index (χ3v) is 11.1. The number of rotatable bonds is 6. The number of aromatic nitrogens is 1. The van der Waals surface area contributed by atoms with Gasteiger partial charge >= 0.3 is 0 Å². The molecule has 35 heavy (non-hydrogen) atoms. The minimum absolute atomic E-state index is 0.0933. The molecule has 184 valence electrons. The Labute approximate surface area is 220 Å². The molecule has 3 aromatic heterocycles. The summed E-state index contributed by atoms with van der Waals surface area (Å²) in [6.45, 7) is 2.58. The largest absolute Gasteiger partial charge is 0.467 e. The first-order valence-electron chi connectivity index (χ1n) is 10.9. The highest BCUT2D eigenvalue weighted by atomic mass is 35.5. The van der Waals surface area contributed by atoms with E-state index in [0.717, 1.165) is 27.1 Å². The summed E-state index contributed by atoms with van der Waals surface area (Å²) in [6.07, 6.45) is 2.71. The molecule has 1 unspecified atom stereocenters. The van der Waals surface area contributed by atoms with Gasteiger partial charge in [-0.1, -0.05) is 40.6 Å². The number of aryl methyl sites for hydroxylation is 1. The van der Waals surface area contributed by atoms with Gasteiger partial charge in [0, 0.05) is 13.1 Å². The predicted molar refractivity (Wildman–Crippen MR) is 140 cm³/mol. The second-order valence-corrected chi connectivity index (χ2v) is 13.6. The van der Waals surface area contributed by atoms with Crippen LogP contribution in [0.5, 0.6) is 0 Å². The lowest BCUT2D eigenvalue weighted by atomic mass is 9.98. The molecular formula is C23H21Cl2N3O4S3. The summed E-state index contributed by atoms with van der Waals surface area (Å²) in [6, 6.07) is 10.3. The Hall–Kier alpha value is -1.95. The molecule has 1 aromatic carbocycles. The monoisotopic (exact) mass is 569 g/mol. The van der Waals surface area contributed by atoms with Crippen molar-refractivity contribution in [1.29, 1.82) is 0 Å². The van der Waals surface area contributed by atoms with Crippen molar-refractivity contribution in [3.63, 3.8) is 0 Å². The lowest BCUT2D eigenvalue weighted by Crippen LogP contribution is -2.46. The zero-order chi connectivity index (χ0) is 24.7. The minimum Gasteiger partial charge on any atom is -0.467 e. The highest BCUT2D eigenvalue weighted by Gasteiger charge is 2.37. The van der Waals surface area contributed by atoms with Crippen LogP contribution < -0.4 is 4.90 Å². The summed E-state index contributed by atoms with van der Waals surface area (Å²) in [5.41, 5.74) is 1.71. The van der Waals surface area contributed by atoms with Crippen LogP contribution in [0.3, 0.4) is 0 Å². The van der Waals surface area contributed by atoms with Crippen LogP contribution in [-0.2, 0) is 21.4 Å². The standard InChI is InChI=1S/C23H21Cl2N3O4S3/c1-14-6-7-17(24)21-20(14)26-23(34-21)28(13-16-5-3-11-32-16)22(29)15-4-2-10-27(12-15)35(30,31)19-9-8-18(25)33-19/h3,5-9,11,15H,2,4,10,12-13H2,1H3. The van der Waals surface area contributed by atoms with Gasteiger partial charge < -0.3 is 4.42 Å². The Balaban J connectivity index is 1.47. The lowest BCUT2D eigenvalue weighted by molar-refractivity contribution is -0.123. The van der Waals surface area contributed by atoms with E-state index in [9.17, 15) is 13.2 Å². The van der Waals surface area contributed by atoms with Crippen molar-refractivity contribution >= 4 is 77.2 Å². The van der Waals surface area contributed by atoms with Crippen LogP contribution in [0.15, 0.2) is 51.3 Å². The molecule has 0 saturated carbocycles. The average molecular weight is 571 g/mol. The zero-order valence-electron chi connectivity index (χ0n) is 18.6. The minimum atomic E-state index is -3.73. The summed E-state index contributed by atoms with van der Waals surface area (Å²) >= 11 is 14.7. The van der Waals surface area contributed by atoms with Gasteiger partial charge in [0.2, 0.25) is 5.91 Å². The van der Waals surface area contributed by atoms with Crippen molar-refractivity contribution in [1.82, 2.24) is 9.29 Å². The second-order valence-electron chi connectivity index (χ2n) is 8.30. The summed E-state index contributed by atoms with van der Waals surface area (Å²) in [5, 5.41) is 1.08. The Morgan fingerprint density at radius 3 is 2.74 bits per heavy atom. The maximum absolute atomic E-state index is 13.9. The van der Waals surface area contributed by atoms with Crippen molar-refractivity contribution in [3.05, 3.63) is 63.3 Å². The molecule has 1 aliphatic heterocycles. The number of benzene rings is 1. The Morgan fingerprint density at radius 2 is 2.06 bits per heavy atom. The SMILES string of the molecule is Cc1ccc(Cl)c2sc(N(Cc3ccco3)C(=O)C3CCCN(S(=O)(=O)c4ccc(Cl)s4)C3)nc12. The van der Waals surface area contributed by atoms with E-state index >= 15 is 0 Å². The second kappa shape index (κ2) is 9.84. The molecule has 1 fully saturated rings. The maximum atomic E-state index is 13.9. The van der Waals surface area contributed by atoms with Gasteiger partial charge in [-0.3, -0.25) is 9.69 Å². The van der Waals surface area contributed by atoms with E-state index in [4.69, 9.17) is 32.6 Å². The lowest BCUT2D eigenvalue weighted by Gasteiger charge is -2.33. The van der Waals surface area contributed by atoms with Crippen LogP contribution in [0.2, 0.25) is 9.36 Å². The molecule has 1 saturated heterocycles. The number of hydrogen-bond acceptors (Lipinski definition) is 7. The molecule has 4 aromatic rings. The number of fused-ring (bicyclic) bond motifs is 1. The predicted octanol–water partition coefficient (Wildman–Crippen LogP) is 6.20. The maximum Gasteiger partial charge on any atom is 0.252 e. The zero-order valence-corrected chi connectivity index (χ0v) is 22.6. The highest BCUT2D eigenvalue weighted by molar-refractivity contribution is 7.91. The van der Waals surface area contributed by atoms with Gasteiger partial charge in [-0.25, -0.2) is 13.4 Å². The Morgan fingerprint density at radius 1 is 1.23 bits per heavy atom. The molecule has 0 bridgehead atoms. The third-order valence-electron chi connectivity index (χ3n) is 5.95. The quantitative estimate of drug-likeness (QED) is 0.276. The molecule has 1 amide bonds. The van der Waals surface area contributed by atoms with Crippen LogP contribution in [0.1, 0.15) is 24.2 Å². The number of carbonyl (C=O) groups is 1. The van der Waals surface area contributed by atoms with Crippen LogP contribution >= 0.6 is 45.9 Å². The number of halogens is 2. The van der Waals surface area contributed by atoms with Gasteiger partial charge in [-0.05, 0) is 55.7 Å². The molecule has 0 spiro atoms. The molecule has 0 N–H and O–H groups in total. The summed E-state index contributed by atoms with van der Waals surface area (Å²) in [5.74, 6) is -0.111. The van der Waals surface area contributed by atoms with E-state index in [1.54, 1.807) is 29.4 Å². The number of thiazole rings is 1. The van der Waals surface area contributed by atoms with Crippen molar-refractivity contribution in [2.45, 2.75) is 30.5 Å². The fourth-order valence-corrected chi connectivity index (χ4v) is 8.63. The first-order chi connectivity index (χ1) is 16.7.